The molecule has 0 unspecified atom stereocenters. The van der Waals surface area contributed by atoms with Crippen LogP contribution in [0.3, 0.4) is 0 Å². The molecular weight excluding hydrogens is 360 g/mol. The third-order valence-electron chi connectivity index (χ3n) is 4.74. The Morgan fingerprint density at radius 1 is 1.15 bits per heavy atom. The van der Waals surface area contributed by atoms with Gasteiger partial charge in [-0.3, -0.25) is 9.78 Å². The molecule has 2 heterocycles. The number of Topliss-reactive ketones (excluding diaryl/α,β-unsaturated/α-hetero) is 1. The fourth-order valence-corrected chi connectivity index (χ4v) is 3.11. The molecule has 27 heavy (non-hydrogen) atoms. The summed E-state index contributed by atoms with van der Waals surface area (Å²) in [7, 11) is 0. The zero-order chi connectivity index (χ0) is 18.6. The molecule has 0 amide bonds. The topological polar surface area (TPSA) is 52.1 Å². The van der Waals surface area contributed by atoms with Crippen molar-refractivity contribution in [2.45, 2.75) is 31.8 Å². The number of rotatable bonds is 6. The van der Waals surface area contributed by atoms with E-state index in [0.717, 1.165) is 29.5 Å². The predicted molar refractivity (Wildman–Crippen MR) is 105 cm³/mol. The SMILES string of the molecule is O=C(Cc1cnc(OC2CCC2)c(-c2ccc(Cl)cc2)c1)c1cccnc1. The largest absolute Gasteiger partial charge is 0.474 e. The highest BCUT2D eigenvalue weighted by Crippen LogP contribution is 2.33. The molecule has 0 N–H and O–H groups in total. The molecule has 5 heteroatoms. The Balaban J connectivity index is 1.64. The number of carbonyl (C=O) groups excluding carboxylic acids is 1. The van der Waals surface area contributed by atoms with Crippen molar-refractivity contribution in [3.05, 3.63) is 77.2 Å². The number of ketones is 1. The number of hydrogen-bond donors (Lipinski definition) is 0. The molecule has 2 aromatic heterocycles. The Bertz CT molecular complexity index is 938. The van der Waals surface area contributed by atoms with Crippen LogP contribution in [-0.4, -0.2) is 21.9 Å². The van der Waals surface area contributed by atoms with Gasteiger partial charge in [0.15, 0.2) is 5.78 Å². The van der Waals surface area contributed by atoms with Crippen LogP contribution >= 0.6 is 11.6 Å². The number of benzene rings is 1. The van der Waals surface area contributed by atoms with Gasteiger partial charge >= 0.3 is 0 Å². The molecule has 0 atom stereocenters. The quantitative estimate of drug-likeness (QED) is 0.556. The van der Waals surface area contributed by atoms with Crippen LogP contribution in [-0.2, 0) is 6.42 Å². The Morgan fingerprint density at radius 3 is 2.63 bits per heavy atom. The number of halogens is 1. The van der Waals surface area contributed by atoms with E-state index in [1.165, 1.54) is 6.42 Å². The van der Waals surface area contributed by atoms with Gasteiger partial charge in [-0.15, -0.1) is 0 Å². The maximum absolute atomic E-state index is 12.5. The van der Waals surface area contributed by atoms with Crippen LogP contribution in [0, 0.1) is 0 Å². The highest BCUT2D eigenvalue weighted by atomic mass is 35.5. The van der Waals surface area contributed by atoms with Crippen LogP contribution in [0.25, 0.3) is 11.1 Å². The zero-order valence-corrected chi connectivity index (χ0v) is 15.5. The fraction of sp³-hybridized carbons (Fsp3) is 0.227. The fourth-order valence-electron chi connectivity index (χ4n) is 2.98. The van der Waals surface area contributed by atoms with E-state index in [4.69, 9.17) is 16.3 Å². The summed E-state index contributed by atoms with van der Waals surface area (Å²) in [4.78, 5) is 21.0. The summed E-state index contributed by atoms with van der Waals surface area (Å²) in [5.74, 6) is 0.624. The first-order valence-corrected chi connectivity index (χ1v) is 9.41. The lowest BCUT2D eigenvalue weighted by Crippen LogP contribution is -2.25. The average molecular weight is 379 g/mol. The molecule has 4 rings (SSSR count). The van der Waals surface area contributed by atoms with Crippen molar-refractivity contribution in [3.8, 4) is 17.0 Å². The van der Waals surface area contributed by atoms with Gasteiger partial charge < -0.3 is 4.74 Å². The summed E-state index contributed by atoms with van der Waals surface area (Å²) in [6, 6.07) is 13.1. The standard InChI is InChI=1S/C22H19ClN2O2/c23-18-8-6-16(7-9-18)20-11-15(12-21(26)17-3-2-10-24-14-17)13-25-22(20)27-19-4-1-5-19/h2-3,6-11,13-14,19H,1,4-5,12H2. The predicted octanol–water partition coefficient (Wildman–Crippen LogP) is 5.15. The van der Waals surface area contributed by atoms with Crippen molar-refractivity contribution in [3.63, 3.8) is 0 Å². The summed E-state index contributed by atoms with van der Waals surface area (Å²) < 4.78 is 6.07. The van der Waals surface area contributed by atoms with Crippen molar-refractivity contribution in [2.75, 3.05) is 0 Å². The van der Waals surface area contributed by atoms with E-state index in [1.807, 2.05) is 30.3 Å². The van der Waals surface area contributed by atoms with Gasteiger partial charge in [-0.1, -0.05) is 23.7 Å². The molecule has 0 bridgehead atoms. The monoisotopic (exact) mass is 378 g/mol. The number of ether oxygens (including phenoxy) is 1. The maximum Gasteiger partial charge on any atom is 0.221 e. The first-order valence-electron chi connectivity index (χ1n) is 9.04. The van der Waals surface area contributed by atoms with E-state index in [0.29, 0.717) is 16.5 Å². The number of aromatic nitrogens is 2. The normalized spacial score (nSPS) is 13.8. The van der Waals surface area contributed by atoms with Gasteiger partial charge in [-0.2, -0.15) is 0 Å². The van der Waals surface area contributed by atoms with Gasteiger partial charge in [0, 0.05) is 41.2 Å². The molecule has 4 nitrogen and oxygen atoms in total. The molecule has 0 radical (unpaired) electrons. The second-order valence-electron chi connectivity index (χ2n) is 6.72. The van der Waals surface area contributed by atoms with Crippen molar-refractivity contribution in [1.29, 1.82) is 0 Å². The summed E-state index contributed by atoms with van der Waals surface area (Å²) in [5.41, 5.74) is 3.29. The molecule has 1 aliphatic carbocycles. The lowest BCUT2D eigenvalue weighted by atomic mass is 9.96. The molecule has 1 fully saturated rings. The van der Waals surface area contributed by atoms with Gasteiger partial charge in [0.25, 0.3) is 0 Å². The minimum atomic E-state index is 0.0135. The Labute approximate surface area is 163 Å². The van der Waals surface area contributed by atoms with Crippen molar-refractivity contribution in [2.24, 2.45) is 0 Å². The van der Waals surface area contributed by atoms with Crippen LogP contribution in [0.1, 0.15) is 35.2 Å². The van der Waals surface area contributed by atoms with Crippen LogP contribution in [0.5, 0.6) is 5.88 Å². The van der Waals surface area contributed by atoms with Crippen LogP contribution < -0.4 is 4.74 Å². The minimum absolute atomic E-state index is 0.0135. The molecule has 3 aromatic rings. The third-order valence-corrected chi connectivity index (χ3v) is 4.99. The van der Waals surface area contributed by atoms with Gasteiger partial charge in [-0.05, 0) is 60.7 Å². The molecule has 1 saturated carbocycles. The van der Waals surface area contributed by atoms with E-state index in [1.54, 1.807) is 30.7 Å². The summed E-state index contributed by atoms with van der Waals surface area (Å²) in [6.45, 7) is 0. The van der Waals surface area contributed by atoms with Crippen molar-refractivity contribution < 1.29 is 9.53 Å². The number of pyridine rings is 2. The summed E-state index contributed by atoms with van der Waals surface area (Å²) in [6.07, 6.45) is 8.77. The lowest BCUT2D eigenvalue weighted by molar-refractivity contribution is 0.0991. The van der Waals surface area contributed by atoms with Crippen LogP contribution in [0.2, 0.25) is 5.02 Å². The highest BCUT2D eigenvalue weighted by Gasteiger charge is 2.22. The number of hydrogen-bond acceptors (Lipinski definition) is 4. The highest BCUT2D eigenvalue weighted by molar-refractivity contribution is 6.30. The van der Waals surface area contributed by atoms with Crippen LogP contribution in [0.15, 0.2) is 61.1 Å². The van der Waals surface area contributed by atoms with E-state index >= 15 is 0 Å². The summed E-state index contributed by atoms with van der Waals surface area (Å²) >= 11 is 6.03. The Morgan fingerprint density at radius 2 is 1.96 bits per heavy atom. The van der Waals surface area contributed by atoms with E-state index in [2.05, 4.69) is 9.97 Å². The van der Waals surface area contributed by atoms with E-state index < -0.39 is 0 Å². The lowest BCUT2D eigenvalue weighted by Gasteiger charge is -2.27. The van der Waals surface area contributed by atoms with E-state index in [9.17, 15) is 4.79 Å². The van der Waals surface area contributed by atoms with E-state index in [-0.39, 0.29) is 18.3 Å². The first-order chi connectivity index (χ1) is 13.2. The average Bonchev–Trinajstić information content (AvgIpc) is 2.67. The summed E-state index contributed by atoms with van der Waals surface area (Å²) in [5, 5.41) is 0.677. The minimum Gasteiger partial charge on any atom is -0.474 e. The van der Waals surface area contributed by atoms with Gasteiger partial charge in [0.1, 0.15) is 6.10 Å². The van der Waals surface area contributed by atoms with Gasteiger partial charge in [0.05, 0.1) is 0 Å². The van der Waals surface area contributed by atoms with Gasteiger partial charge in [-0.25, -0.2) is 4.98 Å². The second kappa shape index (κ2) is 7.89. The van der Waals surface area contributed by atoms with Crippen LogP contribution in [0.4, 0.5) is 0 Å². The Kier molecular flexibility index (Phi) is 5.16. The molecule has 136 valence electrons. The molecule has 0 spiro atoms. The Hall–Kier alpha value is -2.72. The van der Waals surface area contributed by atoms with Crippen molar-refractivity contribution >= 4 is 17.4 Å². The molecule has 1 aliphatic rings. The van der Waals surface area contributed by atoms with Crippen molar-refractivity contribution in [1.82, 2.24) is 9.97 Å². The zero-order valence-electron chi connectivity index (χ0n) is 14.8. The second-order valence-corrected chi connectivity index (χ2v) is 7.15. The first kappa shape index (κ1) is 17.7. The number of nitrogens with zero attached hydrogens (tertiary/aromatic N) is 2. The maximum atomic E-state index is 12.5. The van der Waals surface area contributed by atoms with Gasteiger partial charge in [0.2, 0.25) is 5.88 Å². The third kappa shape index (κ3) is 4.17. The smallest absolute Gasteiger partial charge is 0.221 e. The molecule has 0 aliphatic heterocycles. The molecule has 0 saturated heterocycles. The molecule has 1 aromatic carbocycles. The number of carbonyl (C=O) groups is 1. The molecular formula is C22H19ClN2O2.